The van der Waals surface area contributed by atoms with Crippen molar-refractivity contribution in [1.29, 1.82) is 0 Å². The largest absolute Gasteiger partial charge is 0.293 e. The molecule has 4 aliphatic carbocycles. The van der Waals surface area contributed by atoms with Crippen molar-refractivity contribution in [2.75, 3.05) is 5.75 Å². The number of hydrogen-bond acceptors (Lipinski definition) is 2. The summed E-state index contributed by atoms with van der Waals surface area (Å²) < 4.78 is 0. The molecule has 1 nitrogen and oxygen atoms in total. The van der Waals surface area contributed by atoms with Gasteiger partial charge in [-0.25, -0.2) is 0 Å². The van der Waals surface area contributed by atoms with E-state index in [0.29, 0.717) is 23.5 Å². The number of carbonyl (C=O) groups is 1. The molecule has 0 spiro atoms. The molecule has 0 aromatic rings. The predicted molar refractivity (Wildman–Crippen MR) is 93.7 cm³/mol. The highest BCUT2D eigenvalue weighted by Crippen LogP contribution is 2.60. The topological polar surface area (TPSA) is 17.1 Å². The highest BCUT2D eigenvalue weighted by Gasteiger charge is 2.51. The maximum Gasteiger partial charge on any atom is 0.172 e. The highest BCUT2D eigenvalue weighted by atomic mass is 32.2. The summed E-state index contributed by atoms with van der Waals surface area (Å²) in [6.45, 7) is 4.71. The number of carbonyl (C=O) groups excluding carboxylic acids is 1. The third-order valence-electron chi connectivity index (χ3n) is 7.09. The predicted octanol–water partition coefficient (Wildman–Crippen LogP) is 5.38. The van der Waals surface area contributed by atoms with Gasteiger partial charge in [-0.05, 0) is 61.0 Å². The fourth-order valence-corrected chi connectivity index (χ4v) is 6.81. The van der Waals surface area contributed by atoms with Gasteiger partial charge in [0.1, 0.15) is 0 Å². The van der Waals surface area contributed by atoms with E-state index in [4.69, 9.17) is 0 Å². The summed E-state index contributed by atoms with van der Waals surface area (Å²) in [5.41, 5.74) is 2.08. The maximum absolute atomic E-state index is 12.3. The van der Waals surface area contributed by atoms with E-state index in [1.165, 1.54) is 44.1 Å². The van der Waals surface area contributed by atoms with Crippen molar-refractivity contribution >= 4 is 17.5 Å². The van der Waals surface area contributed by atoms with E-state index in [2.05, 4.69) is 26.0 Å². The van der Waals surface area contributed by atoms with Crippen molar-refractivity contribution < 1.29 is 4.79 Å². The second kappa shape index (κ2) is 5.54. The molecule has 4 rings (SSSR count). The number of allylic oxidation sites excluding steroid dienone is 4. The Morgan fingerprint density at radius 1 is 1.27 bits per heavy atom. The molecule has 5 atom stereocenters. The Bertz CT molecular complexity index is 546. The van der Waals surface area contributed by atoms with E-state index >= 15 is 0 Å². The zero-order valence-corrected chi connectivity index (χ0v) is 14.8. The van der Waals surface area contributed by atoms with Crippen LogP contribution in [0, 0.1) is 29.1 Å². The maximum atomic E-state index is 12.3. The monoisotopic (exact) mass is 316 g/mol. The third-order valence-corrected chi connectivity index (χ3v) is 8.05. The molecule has 0 aromatic carbocycles. The second-order valence-corrected chi connectivity index (χ2v) is 9.43. The summed E-state index contributed by atoms with van der Waals surface area (Å²) in [5.74, 6) is 4.60. The van der Waals surface area contributed by atoms with E-state index < -0.39 is 0 Å². The summed E-state index contributed by atoms with van der Waals surface area (Å²) in [6.07, 6.45) is 13.9. The minimum atomic E-state index is 0.370. The molecule has 2 fully saturated rings. The van der Waals surface area contributed by atoms with Crippen molar-refractivity contribution in [3.63, 3.8) is 0 Å². The van der Waals surface area contributed by atoms with Crippen LogP contribution in [0.3, 0.4) is 0 Å². The van der Waals surface area contributed by atoms with Crippen molar-refractivity contribution in [2.45, 2.75) is 58.8 Å². The van der Waals surface area contributed by atoms with E-state index in [9.17, 15) is 4.79 Å². The highest BCUT2D eigenvalue weighted by molar-refractivity contribution is 8.03. The van der Waals surface area contributed by atoms with Gasteiger partial charge >= 0.3 is 0 Å². The lowest BCUT2D eigenvalue weighted by atomic mass is 9.54. The molecule has 0 saturated heterocycles. The molecule has 2 heteroatoms. The number of Topliss-reactive ketones (excluding diaryl/α,β-unsaturated/α-hetero) is 1. The minimum absolute atomic E-state index is 0.370. The van der Waals surface area contributed by atoms with Gasteiger partial charge in [-0.15, -0.1) is 11.8 Å². The zero-order chi connectivity index (χ0) is 15.3. The zero-order valence-electron chi connectivity index (χ0n) is 13.9. The summed E-state index contributed by atoms with van der Waals surface area (Å²) in [4.78, 5) is 13.4. The Labute approximate surface area is 139 Å². The van der Waals surface area contributed by atoms with Gasteiger partial charge in [0.25, 0.3) is 0 Å². The first kappa shape index (κ1) is 15.1. The molecule has 0 heterocycles. The van der Waals surface area contributed by atoms with Crippen LogP contribution in [-0.2, 0) is 4.79 Å². The Hall–Kier alpha value is -0.500. The van der Waals surface area contributed by atoms with Crippen LogP contribution in [0.25, 0.3) is 0 Å². The summed E-state index contributed by atoms with van der Waals surface area (Å²) in [5, 5.41) is 0. The molecule has 2 saturated carbocycles. The first-order valence-electron chi connectivity index (χ1n) is 9.19. The Kier molecular flexibility index (Phi) is 3.79. The van der Waals surface area contributed by atoms with E-state index in [0.717, 1.165) is 28.4 Å². The SMILES string of the molecule is CCSC1=C[C@H]2C(=CC[C@@H]3[C@@H]2CC[C@]2(C)CCC[C@@H]32)CC1=O. The van der Waals surface area contributed by atoms with Gasteiger partial charge < -0.3 is 0 Å². The van der Waals surface area contributed by atoms with Crippen LogP contribution in [-0.4, -0.2) is 11.5 Å². The fourth-order valence-electron chi connectivity index (χ4n) is 6.03. The Balaban J connectivity index is 1.65. The van der Waals surface area contributed by atoms with Crippen LogP contribution >= 0.6 is 11.8 Å². The molecule has 0 unspecified atom stereocenters. The molecule has 0 radical (unpaired) electrons. The van der Waals surface area contributed by atoms with Gasteiger partial charge in [-0.1, -0.05) is 38.0 Å². The summed E-state index contributed by atoms with van der Waals surface area (Å²) in [6, 6.07) is 0. The Morgan fingerprint density at radius 3 is 2.95 bits per heavy atom. The lowest BCUT2D eigenvalue weighted by Gasteiger charge is -2.51. The first-order chi connectivity index (χ1) is 10.6. The molecule has 4 aliphatic rings. The van der Waals surface area contributed by atoms with E-state index in [-0.39, 0.29) is 0 Å². The van der Waals surface area contributed by atoms with Crippen molar-refractivity contribution in [3.05, 3.63) is 22.6 Å². The molecule has 0 N–H and O–H groups in total. The van der Waals surface area contributed by atoms with Gasteiger partial charge in [0.15, 0.2) is 5.78 Å². The Morgan fingerprint density at radius 2 is 2.14 bits per heavy atom. The van der Waals surface area contributed by atoms with Gasteiger partial charge in [-0.3, -0.25) is 4.79 Å². The first-order valence-corrected chi connectivity index (χ1v) is 10.2. The molecular weight excluding hydrogens is 288 g/mol. The number of ketones is 1. The van der Waals surface area contributed by atoms with Crippen LogP contribution in [0.15, 0.2) is 22.6 Å². The number of rotatable bonds is 2. The minimum Gasteiger partial charge on any atom is -0.293 e. The lowest BCUT2D eigenvalue weighted by Crippen LogP contribution is -2.43. The fraction of sp³-hybridized carbons (Fsp3) is 0.750. The standard InChI is InChI=1S/C20H28OS/c1-3-22-19-12-16-13(11-18(19)21)6-7-15-14(16)8-10-20(2)9-4-5-17(15)20/h6,12,14-17H,3-5,7-11H2,1-2H3/t14-,15+,16-,17-,20-/m0/s1. The summed E-state index contributed by atoms with van der Waals surface area (Å²) >= 11 is 1.76. The molecule has 0 aliphatic heterocycles. The average molecular weight is 317 g/mol. The number of hydrogen-bond donors (Lipinski definition) is 0. The molecule has 0 bridgehead atoms. The molecule has 0 aromatic heterocycles. The molecule has 0 amide bonds. The van der Waals surface area contributed by atoms with Crippen LogP contribution < -0.4 is 0 Å². The second-order valence-electron chi connectivity index (χ2n) is 8.12. The van der Waals surface area contributed by atoms with Crippen LogP contribution in [0.1, 0.15) is 58.8 Å². The van der Waals surface area contributed by atoms with Gasteiger partial charge in [-0.2, -0.15) is 0 Å². The number of fused-ring (bicyclic) bond motifs is 5. The van der Waals surface area contributed by atoms with Crippen LogP contribution in [0.2, 0.25) is 0 Å². The van der Waals surface area contributed by atoms with Crippen LogP contribution in [0.4, 0.5) is 0 Å². The van der Waals surface area contributed by atoms with Gasteiger partial charge in [0.2, 0.25) is 0 Å². The van der Waals surface area contributed by atoms with Gasteiger partial charge in [0, 0.05) is 17.2 Å². The van der Waals surface area contributed by atoms with E-state index in [1.807, 2.05) is 0 Å². The molecular formula is C20H28OS. The third kappa shape index (κ3) is 2.25. The van der Waals surface area contributed by atoms with E-state index in [1.54, 1.807) is 11.8 Å². The van der Waals surface area contributed by atoms with Gasteiger partial charge in [0.05, 0.1) is 0 Å². The van der Waals surface area contributed by atoms with Crippen molar-refractivity contribution in [3.8, 4) is 0 Å². The quantitative estimate of drug-likeness (QED) is 0.637. The molecule has 22 heavy (non-hydrogen) atoms. The average Bonchev–Trinajstić information content (AvgIpc) is 2.90. The molecule has 120 valence electrons. The number of thioether (sulfide) groups is 1. The normalized spacial score (nSPS) is 43.8. The lowest BCUT2D eigenvalue weighted by molar-refractivity contribution is -0.114. The van der Waals surface area contributed by atoms with Crippen molar-refractivity contribution in [1.82, 2.24) is 0 Å². The smallest absolute Gasteiger partial charge is 0.172 e. The van der Waals surface area contributed by atoms with Crippen LogP contribution in [0.5, 0.6) is 0 Å². The van der Waals surface area contributed by atoms with Crippen molar-refractivity contribution in [2.24, 2.45) is 29.1 Å². The summed E-state index contributed by atoms with van der Waals surface area (Å²) in [7, 11) is 0.